The zero-order chi connectivity index (χ0) is 16.6. The molecule has 5 N–H and O–H groups in total. The summed E-state index contributed by atoms with van der Waals surface area (Å²) in [6.07, 6.45) is -2.55. The second-order valence-electron chi connectivity index (χ2n) is 4.91. The number of carbonyl (C=O) groups excluding carboxylic acids is 1. The fourth-order valence-electron chi connectivity index (χ4n) is 2.36. The number of hydrogen-bond donors (Lipinski definition) is 4. The van der Waals surface area contributed by atoms with E-state index in [2.05, 4.69) is 20.4 Å². The Kier molecular flexibility index (Phi) is 4.09. The summed E-state index contributed by atoms with van der Waals surface area (Å²) in [5.74, 6) is -0.521. The van der Waals surface area contributed by atoms with E-state index in [0.29, 0.717) is 11.2 Å². The Balaban J connectivity index is 1.88. The third kappa shape index (κ3) is 2.59. The third-order valence-electron chi connectivity index (χ3n) is 3.48. The van der Waals surface area contributed by atoms with Gasteiger partial charge in [-0.2, -0.15) is 0 Å². The fourth-order valence-corrected chi connectivity index (χ4v) is 2.36. The number of nitrogens with two attached hydrogens (primary N) is 1. The van der Waals surface area contributed by atoms with Crippen molar-refractivity contribution >= 4 is 22.9 Å². The van der Waals surface area contributed by atoms with Crippen LogP contribution in [0.5, 0.6) is 0 Å². The van der Waals surface area contributed by atoms with Gasteiger partial charge in [0, 0.05) is 0 Å². The van der Waals surface area contributed by atoms with E-state index in [1.54, 1.807) is 6.92 Å². The van der Waals surface area contributed by atoms with Crippen LogP contribution in [0.1, 0.15) is 13.2 Å². The van der Waals surface area contributed by atoms with Crippen LogP contribution in [0, 0.1) is 0 Å². The molecule has 11 nitrogen and oxygen atoms in total. The molecule has 3 heterocycles. The molecular formula is C12H16N6O5. The molecule has 23 heavy (non-hydrogen) atoms. The molecule has 1 saturated heterocycles. The second-order valence-corrected chi connectivity index (χ2v) is 4.91. The molecule has 2 aromatic rings. The summed E-state index contributed by atoms with van der Waals surface area (Å²) in [5.41, 5.74) is 8.48. The van der Waals surface area contributed by atoms with Crippen molar-refractivity contribution in [3.8, 4) is 0 Å². The number of anilines is 1. The van der Waals surface area contributed by atoms with Gasteiger partial charge in [0.05, 0.1) is 12.9 Å². The van der Waals surface area contributed by atoms with Gasteiger partial charge in [-0.3, -0.25) is 14.2 Å². The quantitative estimate of drug-likeness (QED) is 0.471. The Morgan fingerprint density at radius 3 is 2.96 bits per heavy atom. The average Bonchev–Trinajstić information content (AvgIpc) is 3.09. The van der Waals surface area contributed by atoms with E-state index < -0.39 is 30.4 Å². The molecule has 11 heteroatoms. The van der Waals surface area contributed by atoms with Gasteiger partial charge in [0.25, 0.3) is 5.91 Å². The van der Waals surface area contributed by atoms with Crippen LogP contribution in [0.4, 0.5) is 5.82 Å². The molecule has 0 spiro atoms. The van der Waals surface area contributed by atoms with Gasteiger partial charge in [-0.25, -0.2) is 20.4 Å². The number of imidazole rings is 1. The Bertz CT molecular complexity index is 721. The first kappa shape index (κ1) is 15.6. The molecule has 1 unspecified atom stereocenters. The van der Waals surface area contributed by atoms with Crippen molar-refractivity contribution in [1.29, 1.82) is 0 Å². The number of nitrogens with zero attached hydrogens (tertiary/aromatic N) is 4. The number of hydroxylamine groups is 1. The maximum atomic E-state index is 11.9. The fraction of sp³-hybridized carbons (Fsp3) is 0.500. The topological polar surface area (TPSA) is 158 Å². The van der Waals surface area contributed by atoms with Gasteiger partial charge in [0.15, 0.2) is 23.8 Å². The van der Waals surface area contributed by atoms with E-state index in [-0.39, 0.29) is 12.4 Å². The molecule has 4 atom stereocenters. The van der Waals surface area contributed by atoms with Crippen LogP contribution >= 0.6 is 0 Å². The van der Waals surface area contributed by atoms with Crippen LogP contribution in [0.25, 0.3) is 11.2 Å². The summed E-state index contributed by atoms with van der Waals surface area (Å²) in [5, 5.41) is 20.2. The molecule has 124 valence electrons. The first-order chi connectivity index (χ1) is 11.0. The first-order valence-electron chi connectivity index (χ1n) is 6.90. The first-order valence-corrected chi connectivity index (χ1v) is 6.90. The normalized spacial score (nSPS) is 27.4. The van der Waals surface area contributed by atoms with Crippen molar-refractivity contribution in [1.82, 2.24) is 25.0 Å². The van der Waals surface area contributed by atoms with Crippen LogP contribution < -0.4 is 11.2 Å². The van der Waals surface area contributed by atoms with Crippen molar-refractivity contribution in [3.05, 3.63) is 12.7 Å². The number of fused-ring (bicyclic) bond motifs is 1. The highest BCUT2D eigenvalue weighted by atomic mass is 16.7. The largest absolute Gasteiger partial charge is 0.387 e. The maximum Gasteiger partial charge on any atom is 0.275 e. The van der Waals surface area contributed by atoms with Crippen LogP contribution in [-0.2, 0) is 14.4 Å². The zero-order valence-electron chi connectivity index (χ0n) is 12.2. The number of aromatic nitrogens is 4. The van der Waals surface area contributed by atoms with Crippen molar-refractivity contribution in [2.75, 3.05) is 12.3 Å². The Morgan fingerprint density at radius 2 is 2.22 bits per heavy atom. The maximum absolute atomic E-state index is 11.9. The molecule has 1 aliphatic rings. The molecule has 0 aromatic carbocycles. The molecule has 3 rings (SSSR count). The minimum atomic E-state index is -1.43. The number of aliphatic hydroxyl groups is 2. The molecule has 1 aliphatic heterocycles. The molecule has 2 aromatic heterocycles. The van der Waals surface area contributed by atoms with Crippen LogP contribution in [0.2, 0.25) is 0 Å². The lowest BCUT2D eigenvalue weighted by Crippen LogP contribution is -2.42. The van der Waals surface area contributed by atoms with Crippen LogP contribution in [-0.4, -0.2) is 60.6 Å². The van der Waals surface area contributed by atoms with E-state index in [9.17, 15) is 15.0 Å². The highest BCUT2D eigenvalue weighted by Gasteiger charge is 2.47. The summed E-state index contributed by atoms with van der Waals surface area (Å²) >= 11 is 0. The number of amides is 1. The number of nitrogen functional groups attached to an aromatic ring is 1. The van der Waals surface area contributed by atoms with Gasteiger partial charge in [-0.1, -0.05) is 0 Å². The van der Waals surface area contributed by atoms with Gasteiger partial charge in [0.1, 0.15) is 24.1 Å². The standard InChI is InChI=1S/C12H16N6O5/c1-2-22-17-11(21)8-6(19)7(20)12(23-8)18-4-16-5-9(13)14-3-15-10(5)18/h3-4,6-8,12,19-20H,2H2,1H3,(H,17,21)(H2,13,14,15)/t6-,7+,8-,12?/m0/s1. The predicted molar refractivity (Wildman–Crippen MR) is 75.4 cm³/mol. The smallest absolute Gasteiger partial charge is 0.275 e. The van der Waals surface area contributed by atoms with Gasteiger partial charge in [-0.15, -0.1) is 0 Å². The molecular weight excluding hydrogens is 308 g/mol. The highest BCUT2D eigenvalue weighted by molar-refractivity contribution is 5.82. The molecule has 1 amide bonds. The number of carbonyl (C=O) groups is 1. The number of nitrogens with one attached hydrogen (secondary N) is 1. The SMILES string of the molecule is CCONC(=O)[C@H]1OC(n2cnc3c(N)ncnc32)[C@H](O)[C@@H]1O. The Hall–Kier alpha value is -2.34. The lowest BCUT2D eigenvalue weighted by molar-refractivity contribution is -0.150. The number of hydrogen-bond acceptors (Lipinski definition) is 9. The minimum absolute atomic E-state index is 0.174. The van der Waals surface area contributed by atoms with Crippen molar-refractivity contribution in [2.24, 2.45) is 0 Å². The number of rotatable bonds is 4. The zero-order valence-corrected chi connectivity index (χ0v) is 12.2. The van der Waals surface area contributed by atoms with Gasteiger partial charge in [0.2, 0.25) is 0 Å². The average molecular weight is 324 g/mol. The van der Waals surface area contributed by atoms with E-state index in [4.69, 9.17) is 15.3 Å². The molecule has 0 radical (unpaired) electrons. The lowest BCUT2D eigenvalue weighted by atomic mass is 10.1. The predicted octanol–water partition coefficient (Wildman–Crippen LogP) is -1.90. The van der Waals surface area contributed by atoms with E-state index in [1.165, 1.54) is 17.2 Å². The van der Waals surface area contributed by atoms with Gasteiger partial charge >= 0.3 is 0 Å². The van der Waals surface area contributed by atoms with Gasteiger partial charge in [-0.05, 0) is 6.92 Å². The lowest BCUT2D eigenvalue weighted by Gasteiger charge is -2.16. The summed E-state index contributed by atoms with van der Waals surface area (Å²) < 4.78 is 6.85. The van der Waals surface area contributed by atoms with Crippen LogP contribution in [0.3, 0.4) is 0 Å². The Labute approximate surface area is 130 Å². The van der Waals surface area contributed by atoms with Crippen molar-refractivity contribution < 1.29 is 24.6 Å². The highest BCUT2D eigenvalue weighted by Crippen LogP contribution is 2.31. The van der Waals surface area contributed by atoms with E-state index in [1.807, 2.05) is 0 Å². The second kappa shape index (κ2) is 6.04. The minimum Gasteiger partial charge on any atom is -0.387 e. The summed E-state index contributed by atoms with van der Waals surface area (Å²) in [6.45, 7) is 1.94. The molecule has 0 saturated carbocycles. The number of ether oxygens (including phenoxy) is 1. The van der Waals surface area contributed by atoms with E-state index >= 15 is 0 Å². The monoisotopic (exact) mass is 324 g/mol. The third-order valence-corrected chi connectivity index (χ3v) is 3.48. The molecule has 0 aliphatic carbocycles. The number of aliphatic hydroxyl groups excluding tert-OH is 2. The molecule has 1 fully saturated rings. The van der Waals surface area contributed by atoms with Gasteiger partial charge < -0.3 is 20.7 Å². The Morgan fingerprint density at radius 1 is 1.43 bits per heavy atom. The summed E-state index contributed by atoms with van der Waals surface area (Å²) in [7, 11) is 0. The molecule has 0 bridgehead atoms. The van der Waals surface area contributed by atoms with Crippen molar-refractivity contribution in [3.63, 3.8) is 0 Å². The van der Waals surface area contributed by atoms with E-state index in [0.717, 1.165) is 0 Å². The summed E-state index contributed by atoms with van der Waals surface area (Å²) in [4.78, 5) is 28.6. The van der Waals surface area contributed by atoms with Crippen molar-refractivity contribution in [2.45, 2.75) is 31.5 Å². The van der Waals surface area contributed by atoms with Crippen LogP contribution in [0.15, 0.2) is 12.7 Å². The summed E-state index contributed by atoms with van der Waals surface area (Å²) in [6, 6.07) is 0.